The second-order valence-corrected chi connectivity index (χ2v) is 5.37. The number of halogens is 2. The Balaban J connectivity index is 2.00. The Morgan fingerprint density at radius 1 is 1.05 bits per heavy atom. The fraction of sp³-hybridized carbons (Fsp3) is 0.0625. The van der Waals surface area contributed by atoms with Gasteiger partial charge in [0, 0.05) is 28.2 Å². The van der Waals surface area contributed by atoms with Crippen LogP contribution in [0.5, 0.6) is 11.5 Å². The van der Waals surface area contributed by atoms with E-state index in [9.17, 15) is 0 Å². The van der Waals surface area contributed by atoms with E-state index in [1.165, 1.54) is 0 Å². The van der Waals surface area contributed by atoms with Crippen LogP contribution in [0.2, 0.25) is 10.0 Å². The van der Waals surface area contributed by atoms with E-state index in [-0.39, 0.29) is 0 Å². The van der Waals surface area contributed by atoms with Gasteiger partial charge in [0.1, 0.15) is 11.5 Å². The first kappa shape index (κ1) is 14.1. The zero-order chi connectivity index (χ0) is 14.8. The van der Waals surface area contributed by atoms with Gasteiger partial charge in [-0.1, -0.05) is 29.3 Å². The standard InChI is InChI=1S/C16H12Cl2N2O/c17-11-2-4-13-15(7-11)20-6-5-16(13)21-12-3-1-10(9-19)14(18)8-12/h1-8H,9,19H2. The number of nitrogens with two attached hydrogens (primary N) is 1. The number of aromatic nitrogens is 1. The van der Waals surface area contributed by atoms with Crippen molar-refractivity contribution >= 4 is 34.1 Å². The van der Waals surface area contributed by atoms with E-state index in [0.717, 1.165) is 16.5 Å². The van der Waals surface area contributed by atoms with Crippen LogP contribution in [0.1, 0.15) is 5.56 Å². The third-order valence-corrected chi connectivity index (χ3v) is 3.72. The summed E-state index contributed by atoms with van der Waals surface area (Å²) in [6.45, 7) is 0.399. The van der Waals surface area contributed by atoms with E-state index in [2.05, 4.69) is 4.98 Å². The molecule has 0 spiro atoms. The van der Waals surface area contributed by atoms with Crippen LogP contribution < -0.4 is 10.5 Å². The molecule has 106 valence electrons. The predicted octanol–water partition coefficient (Wildman–Crippen LogP) is 4.79. The van der Waals surface area contributed by atoms with Gasteiger partial charge in [-0.15, -0.1) is 0 Å². The molecule has 0 saturated carbocycles. The smallest absolute Gasteiger partial charge is 0.138 e. The second kappa shape index (κ2) is 5.90. The topological polar surface area (TPSA) is 48.1 Å². The minimum absolute atomic E-state index is 0.399. The van der Waals surface area contributed by atoms with Crippen molar-refractivity contribution < 1.29 is 4.74 Å². The summed E-state index contributed by atoms with van der Waals surface area (Å²) in [5.41, 5.74) is 7.26. The summed E-state index contributed by atoms with van der Waals surface area (Å²) in [6.07, 6.45) is 1.68. The van der Waals surface area contributed by atoms with Crippen molar-refractivity contribution in [2.45, 2.75) is 6.54 Å². The first-order valence-corrected chi connectivity index (χ1v) is 7.13. The Morgan fingerprint density at radius 3 is 2.67 bits per heavy atom. The van der Waals surface area contributed by atoms with Crippen molar-refractivity contribution in [2.24, 2.45) is 5.73 Å². The van der Waals surface area contributed by atoms with Crippen LogP contribution in [0.3, 0.4) is 0 Å². The van der Waals surface area contributed by atoms with Gasteiger partial charge in [0.05, 0.1) is 5.52 Å². The molecule has 1 aromatic heterocycles. The number of ether oxygens (including phenoxy) is 1. The molecule has 0 radical (unpaired) electrons. The highest BCUT2D eigenvalue weighted by Gasteiger charge is 2.07. The van der Waals surface area contributed by atoms with Crippen LogP contribution in [-0.4, -0.2) is 4.98 Å². The van der Waals surface area contributed by atoms with Gasteiger partial charge in [-0.05, 0) is 42.0 Å². The van der Waals surface area contributed by atoms with E-state index < -0.39 is 0 Å². The summed E-state index contributed by atoms with van der Waals surface area (Å²) >= 11 is 12.1. The quantitative estimate of drug-likeness (QED) is 0.755. The van der Waals surface area contributed by atoms with Gasteiger partial charge < -0.3 is 10.5 Å². The van der Waals surface area contributed by atoms with Crippen molar-refractivity contribution in [1.82, 2.24) is 4.98 Å². The SMILES string of the molecule is NCc1ccc(Oc2ccnc3cc(Cl)ccc23)cc1Cl. The molecule has 0 bridgehead atoms. The van der Waals surface area contributed by atoms with E-state index >= 15 is 0 Å². The maximum absolute atomic E-state index is 6.14. The molecule has 0 aliphatic carbocycles. The fourth-order valence-electron chi connectivity index (χ4n) is 2.07. The van der Waals surface area contributed by atoms with Crippen LogP contribution in [-0.2, 0) is 6.54 Å². The van der Waals surface area contributed by atoms with E-state index in [4.69, 9.17) is 33.7 Å². The zero-order valence-corrected chi connectivity index (χ0v) is 12.5. The van der Waals surface area contributed by atoms with Crippen LogP contribution in [0, 0.1) is 0 Å². The van der Waals surface area contributed by atoms with Gasteiger partial charge in [0.15, 0.2) is 0 Å². The Hall–Kier alpha value is -1.81. The summed E-state index contributed by atoms with van der Waals surface area (Å²) in [4.78, 5) is 4.28. The van der Waals surface area contributed by atoms with E-state index in [1.807, 2.05) is 24.3 Å². The number of hydrogen-bond donors (Lipinski definition) is 1. The molecule has 0 atom stereocenters. The van der Waals surface area contributed by atoms with Crippen molar-refractivity contribution in [3.8, 4) is 11.5 Å². The summed E-state index contributed by atoms with van der Waals surface area (Å²) in [5.74, 6) is 1.35. The maximum Gasteiger partial charge on any atom is 0.138 e. The van der Waals surface area contributed by atoms with Crippen LogP contribution >= 0.6 is 23.2 Å². The second-order valence-electron chi connectivity index (χ2n) is 4.53. The number of hydrogen-bond acceptors (Lipinski definition) is 3. The highest BCUT2D eigenvalue weighted by atomic mass is 35.5. The summed E-state index contributed by atoms with van der Waals surface area (Å²) < 4.78 is 5.90. The molecule has 3 aromatic rings. The molecular weight excluding hydrogens is 307 g/mol. The van der Waals surface area contributed by atoms with Crippen molar-refractivity contribution in [3.05, 3.63) is 64.3 Å². The van der Waals surface area contributed by atoms with E-state index in [1.54, 1.807) is 24.4 Å². The summed E-state index contributed by atoms with van der Waals surface area (Å²) in [7, 11) is 0. The predicted molar refractivity (Wildman–Crippen MR) is 86.2 cm³/mol. The van der Waals surface area contributed by atoms with Gasteiger partial charge in [-0.2, -0.15) is 0 Å². The molecule has 0 amide bonds. The van der Waals surface area contributed by atoms with Crippen molar-refractivity contribution in [1.29, 1.82) is 0 Å². The molecule has 1 heterocycles. The lowest BCUT2D eigenvalue weighted by molar-refractivity contribution is 0.487. The van der Waals surface area contributed by atoms with E-state index in [0.29, 0.717) is 28.1 Å². The summed E-state index contributed by atoms with van der Waals surface area (Å²) in [5, 5.41) is 2.12. The first-order valence-electron chi connectivity index (χ1n) is 6.38. The summed E-state index contributed by atoms with van der Waals surface area (Å²) in [6, 6.07) is 12.8. The monoisotopic (exact) mass is 318 g/mol. The molecule has 3 rings (SSSR count). The number of benzene rings is 2. The molecule has 0 saturated heterocycles. The Morgan fingerprint density at radius 2 is 1.90 bits per heavy atom. The van der Waals surface area contributed by atoms with Gasteiger partial charge in [-0.25, -0.2) is 0 Å². The Bertz CT molecular complexity index is 805. The fourth-order valence-corrected chi connectivity index (χ4v) is 2.48. The number of rotatable bonds is 3. The van der Waals surface area contributed by atoms with Gasteiger partial charge in [0.2, 0.25) is 0 Å². The average molecular weight is 319 g/mol. The largest absolute Gasteiger partial charge is 0.457 e. The molecule has 3 nitrogen and oxygen atoms in total. The highest BCUT2D eigenvalue weighted by molar-refractivity contribution is 6.31. The average Bonchev–Trinajstić information content (AvgIpc) is 2.47. The molecule has 21 heavy (non-hydrogen) atoms. The third kappa shape index (κ3) is 2.95. The molecule has 2 aromatic carbocycles. The molecular formula is C16H12Cl2N2O. The Kier molecular flexibility index (Phi) is 3.97. The normalized spacial score (nSPS) is 10.8. The minimum atomic E-state index is 0.399. The van der Waals surface area contributed by atoms with Crippen molar-refractivity contribution in [3.63, 3.8) is 0 Å². The molecule has 2 N–H and O–H groups in total. The lowest BCUT2D eigenvalue weighted by atomic mass is 10.2. The minimum Gasteiger partial charge on any atom is -0.457 e. The van der Waals surface area contributed by atoms with Crippen LogP contribution in [0.25, 0.3) is 10.9 Å². The number of pyridine rings is 1. The number of nitrogens with zero attached hydrogens (tertiary/aromatic N) is 1. The lowest BCUT2D eigenvalue weighted by Gasteiger charge is -2.10. The Labute approximate surface area is 132 Å². The molecule has 0 unspecified atom stereocenters. The molecule has 0 aliphatic heterocycles. The first-order chi connectivity index (χ1) is 10.2. The molecule has 5 heteroatoms. The molecule has 0 fully saturated rings. The highest BCUT2D eigenvalue weighted by Crippen LogP contribution is 2.31. The van der Waals surface area contributed by atoms with Crippen LogP contribution in [0.4, 0.5) is 0 Å². The van der Waals surface area contributed by atoms with Crippen molar-refractivity contribution in [2.75, 3.05) is 0 Å². The van der Waals surface area contributed by atoms with Crippen LogP contribution in [0.15, 0.2) is 48.7 Å². The van der Waals surface area contributed by atoms with Gasteiger partial charge in [0.25, 0.3) is 0 Å². The molecule has 0 aliphatic rings. The lowest BCUT2D eigenvalue weighted by Crippen LogP contribution is -1.97. The maximum atomic E-state index is 6.14. The van der Waals surface area contributed by atoms with Gasteiger partial charge in [-0.3, -0.25) is 4.98 Å². The third-order valence-electron chi connectivity index (χ3n) is 3.14. The number of fused-ring (bicyclic) bond motifs is 1. The zero-order valence-electron chi connectivity index (χ0n) is 11.0. The van der Waals surface area contributed by atoms with Gasteiger partial charge >= 0.3 is 0 Å².